The average Bonchev–Trinajstić information content (AvgIpc) is 2.70. The third-order valence-electron chi connectivity index (χ3n) is 4.22. The Balaban J connectivity index is 2.44. The highest BCUT2D eigenvalue weighted by molar-refractivity contribution is 5.79. The minimum Gasteiger partial charge on any atom is -0.493 e. The molecule has 29 heavy (non-hydrogen) atoms. The fourth-order valence-electron chi connectivity index (χ4n) is 2.84. The molecule has 0 aromatic heterocycles. The van der Waals surface area contributed by atoms with E-state index in [1.807, 2.05) is 4.90 Å². The lowest BCUT2D eigenvalue weighted by Crippen LogP contribution is -2.32. The van der Waals surface area contributed by atoms with Crippen LogP contribution in [0.15, 0.2) is 18.2 Å². The van der Waals surface area contributed by atoms with Crippen LogP contribution < -0.4 is 20.5 Å². The van der Waals surface area contributed by atoms with E-state index in [9.17, 15) is 14.4 Å². The van der Waals surface area contributed by atoms with Crippen LogP contribution >= 0.6 is 0 Å². The number of amides is 3. The highest BCUT2D eigenvalue weighted by Gasteiger charge is 2.13. The second-order valence-electron chi connectivity index (χ2n) is 6.75. The van der Waals surface area contributed by atoms with E-state index in [0.717, 1.165) is 31.5 Å². The lowest BCUT2D eigenvalue weighted by Gasteiger charge is -2.21. The first-order valence-corrected chi connectivity index (χ1v) is 10.0. The van der Waals surface area contributed by atoms with Gasteiger partial charge >= 0.3 is 0 Å². The number of nitrogens with two attached hydrogens (primary N) is 1. The van der Waals surface area contributed by atoms with Crippen LogP contribution in [0, 0.1) is 0 Å². The first-order valence-electron chi connectivity index (χ1n) is 10.0. The van der Waals surface area contributed by atoms with Crippen LogP contribution in [0.3, 0.4) is 0 Å². The number of rotatable bonds is 14. The van der Waals surface area contributed by atoms with E-state index in [4.69, 9.17) is 15.2 Å². The zero-order chi connectivity index (χ0) is 21.6. The molecule has 3 amide bonds. The Morgan fingerprint density at radius 1 is 1.07 bits per heavy atom. The molecule has 8 heteroatoms. The van der Waals surface area contributed by atoms with E-state index >= 15 is 0 Å². The molecule has 3 N–H and O–H groups in total. The van der Waals surface area contributed by atoms with Crippen molar-refractivity contribution < 1.29 is 23.9 Å². The molecule has 0 unspecified atom stereocenters. The zero-order valence-corrected chi connectivity index (χ0v) is 17.7. The van der Waals surface area contributed by atoms with Gasteiger partial charge in [-0.05, 0) is 37.0 Å². The number of primary amides is 1. The summed E-state index contributed by atoms with van der Waals surface area (Å²) in [6.45, 7) is 5.72. The van der Waals surface area contributed by atoms with E-state index in [0.29, 0.717) is 37.3 Å². The van der Waals surface area contributed by atoms with Gasteiger partial charge in [0, 0.05) is 32.5 Å². The number of nitrogens with zero attached hydrogens (tertiary/aromatic N) is 1. The molecule has 0 saturated carbocycles. The number of nitrogens with one attached hydrogen (secondary N) is 1. The van der Waals surface area contributed by atoms with Gasteiger partial charge in [-0.15, -0.1) is 0 Å². The predicted molar refractivity (Wildman–Crippen MR) is 111 cm³/mol. The van der Waals surface area contributed by atoms with Crippen molar-refractivity contribution in [3.05, 3.63) is 23.8 Å². The van der Waals surface area contributed by atoms with E-state index in [1.165, 1.54) is 7.11 Å². The first kappa shape index (κ1) is 24.3. The molecule has 0 heterocycles. The summed E-state index contributed by atoms with van der Waals surface area (Å²) < 4.78 is 10.5. The van der Waals surface area contributed by atoms with Crippen LogP contribution in [-0.4, -0.2) is 49.4 Å². The first-order chi connectivity index (χ1) is 13.9. The molecule has 8 nitrogen and oxygen atoms in total. The molecule has 0 saturated heterocycles. The summed E-state index contributed by atoms with van der Waals surface area (Å²) >= 11 is 0. The molecule has 0 aliphatic heterocycles. The molecule has 0 radical (unpaired) electrons. The molecular weight excluding hydrogens is 374 g/mol. The maximum Gasteiger partial charge on any atom is 0.255 e. The van der Waals surface area contributed by atoms with Gasteiger partial charge in [-0.1, -0.05) is 19.9 Å². The summed E-state index contributed by atoms with van der Waals surface area (Å²) in [7, 11) is 1.49. The average molecular weight is 408 g/mol. The monoisotopic (exact) mass is 407 g/mol. The number of ether oxygens (including phenoxy) is 2. The van der Waals surface area contributed by atoms with E-state index in [2.05, 4.69) is 19.2 Å². The quantitative estimate of drug-likeness (QED) is 0.490. The van der Waals surface area contributed by atoms with Gasteiger partial charge in [-0.3, -0.25) is 14.4 Å². The normalized spacial score (nSPS) is 10.3. The van der Waals surface area contributed by atoms with Crippen molar-refractivity contribution in [3.63, 3.8) is 0 Å². The number of benzene rings is 1. The lowest BCUT2D eigenvalue weighted by atomic mass is 10.1. The second-order valence-corrected chi connectivity index (χ2v) is 6.75. The number of hydrogen-bond acceptors (Lipinski definition) is 5. The molecular formula is C21H33N3O5. The van der Waals surface area contributed by atoms with Gasteiger partial charge < -0.3 is 25.4 Å². The molecule has 0 fully saturated rings. The van der Waals surface area contributed by atoms with Crippen LogP contribution in [0.1, 0.15) is 51.5 Å². The Labute approximate surface area is 172 Å². The van der Waals surface area contributed by atoms with Crippen molar-refractivity contribution in [2.75, 3.05) is 26.8 Å². The molecule has 1 aromatic rings. The van der Waals surface area contributed by atoms with Gasteiger partial charge in [0.05, 0.1) is 7.11 Å². The SMILES string of the molecule is CCCN(CCC)C(=O)CCCC(=O)NCc1ccc(OCC(N)=O)c(OC)c1. The van der Waals surface area contributed by atoms with Crippen LogP contribution in [0.2, 0.25) is 0 Å². The van der Waals surface area contributed by atoms with E-state index in [-0.39, 0.29) is 18.4 Å². The Morgan fingerprint density at radius 3 is 2.34 bits per heavy atom. The number of hydrogen-bond donors (Lipinski definition) is 2. The van der Waals surface area contributed by atoms with Gasteiger partial charge in [0.2, 0.25) is 11.8 Å². The van der Waals surface area contributed by atoms with Gasteiger partial charge in [0.15, 0.2) is 18.1 Å². The molecule has 1 rings (SSSR count). The van der Waals surface area contributed by atoms with Gasteiger partial charge in [0.25, 0.3) is 5.91 Å². The van der Waals surface area contributed by atoms with E-state index in [1.54, 1.807) is 18.2 Å². The Bertz CT molecular complexity index is 672. The molecule has 0 atom stereocenters. The molecule has 0 bridgehead atoms. The van der Waals surface area contributed by atoms with Crippen molar-refractivity contribution in [2.45, 2.75) is 52.5 Å². The van der Waals surface area contributed by atoms with Crippen molar-refractivity contribution in [1.82, 2.24) is 10.2 Å². The topological polar surface area (TPSA) is 111 Å². The van der Waals surface area contributed by atoms with Gasteiger partial charge in [-0.2, -0.15) is 0 Å². The van der Waals surface area contributed by atoms with Crippen LogP contribution in [-0.2, 0) is 20.9 Å². The standard InChI is InChI=1S/C21H33N3O5/c1-4-11-24(12-5-2)21(27)8-6-7-20(26)23-14-16-9-10-17(18(13-16)28-3)29-15-19(22)25/h9-10,13H,4-8,11-12,14-15H2,1-3H3,(H2,22,25)(H,23,26). The zero-order valence-electron chi connectivity index (χ0n) is 17.7. The van der Waals surface area contributed by atoms with Crippen molar-refractivity contribution in [3.8, 4) is 11.5 Å². The third-order valence-corrected chi connectivity index (χ3v) is 4.22. The Morgan fingerprint density at radius 2 is 1.76 bits per heavy atom. The fourth-order valence-corrected chi connectivity index (χ4v) is 2.84. The van der Waals surface area contributed by atoms with Crippen LogP contribution in [0.5, 0.6) is 11.5 Å². The summed E-state index contributed by atoms with van der Waals surface area (Å²) in [6.07, 6.45) is 3.07. The predicted octanol–water partition coefficient (Wildman–Crippen LogP) is 1.99. The highest BCUT2D eigenvalue weighted by Crippen LogP contribution is 2.28. The summed E-state index contributed by atoms with van der Waals surface area (Å²) in [5.41, 5.74) is 5.90. The summed E-state index contributed by atoms with van der Waals surface area (Å²) in [5, 5.41) is 2.84. The molecule has 0 spiro atoms. The number of methoxy groups -OCH3 is 1. The number of carbonyl (C=O) groups is 3. The highest BCUT2D eigenvalue weighted by atomic mass is 16.5. The van der Waals surface area contributed by atoms with Crippen molar-refractivity contribution in [2.24, 2.45) is 5.73 Å². The fraction of sp³-hybridized carbons (Fsp3) is 0.571. The molecule has 162 valence electrons. The summed E-state index contributed by atoms with van der Waals surface area (Å²) in [5.74, 6) is 0.287. The number of carbonyl (C=O) groups excluding carboxylic acids is 3. The van der Waals surface area contributed by atoms with Gasteiger partial charge in [-0.25, -0.2) is 0 Å². The maximum atomic E-state index is 12.2. The van der Waals surface area contributed by atoms with Gasteiger partial charge in [0.1, 0.15) is 0 Å². The smallest absolute Gasteiger partial charge is 0.255 e. The largest absolute Gasteiger partial charge is 0.493 e. The van der Waals surface area contributed by atoms with Crippen LogP contribution in [0.25, 0.3) is 0 Å². The van der Waals surface area contributed by atoms with E-state index < -0.39 is 5.91 Å². The van der Waals surface area contributed by atoms with Crippen molar-refractivity contribution >= 4 is 17.7 Å². The minimum absolute atomic E-state index is 0.108. The van der Waals surface area contributed by atoms with Crippen LogP contribution in [0.4, 0.5) is 0 Å². The maximum absolute atomic E-state index is 12.2. The lowest BCUT2D eigenvalue weighted by molar-refractivity contribution is -0.131. The Hall–Kier alpha value is -2.77. The van der Waals surface area contributed by atoms with Crippen molar-refractivity contribution in [1.29, 1.82) is 0 Å². The summed E-state index contributed by atoms with van der Waals surface area (Å²) in [6, 6.07) is 5.17. The molecule has 0 aliphatic rings. The third kappa shape index (κ3) is 9.32. The Kier molecular flexibility index (Phi) is 11.2. The molecule has 0 aliphatic carbocycles. The minimum atomic E-state index is -0.575. The molecule has 1 aromatic carbocycles. The summed E-state index contributed by atoms with van der Waals surface area (Å²) in [4.78, 5) is 37.0. The second kappa shape index (κ2) is 13.4.